The lowest BCUT2D eigenvalue weighted by Crippen LogP contribution is -2.40. The molecule has 1 heterocycles. The summed E-state index contributed by atoms with van der Waals surface area (Å²) >= 11 is 0. The van der Waals surface area contributed by atoms with Crippen molar-refractivity contribution in [2.75, 3.05) is 0 Å². The summed E-state index contributed by atoms with van der Waals surface area (Å²) in [7, 11) is 0. The number of carbonyl (C=O) groups excluding carboxylic acids is 1. The van der Waals surface area contributed by atoms with Crippen molar-refractivity contribution < 1.29 is 19.1 Å². The molecule has 0 fully saturated rings. The lowest BCUT2D eigenvalue weighted by atomic mass is 10.2. The van der Waals surface area contributed by atoms with E-state index in [-0.39, 0.29) is 18.7 Å². The quantitative estimate of drug-likeness (QED) is 0.626. The van der Waals surface area contributed by atoms with Crippen LogP contribution >= 0.6 is 0 Å². The van der Waals surface area contributed by atoms with E-state index < -0.39 is 17.9 Å². The van der Waals surface area contributed by atoms with Gasteiger partial charge in [-0.05, 0) is 18.6 Å². The summed E-state index contributed by atoms with van der Waals surface area (Å²) in [5.41, 5.74) is 5.33. The van der Waals surface area contributed by atoms with E-state index in [0.717, 1.165) is 0 Å². The number of carboxylic acids is 1. The van der Waals surface area contributed by atoms with Gasteiger partial charge in [-0.2, -0.15) is 0 Å². The fraction of sp³-hybridized carbons (Fsp3) is 0.273. The van der Waals surface area contributed by atoms with Crippen molar-refractivity contribution >= 4 is 11.9 Å². The number of furan rings is 1. The number of amides is 1. The number of hydrogen-bond acceptors (Lipinski definition) is 4. The zero-order valence-corrected chi connectivity index (χ0v) is 9.18. The average Bonchev–Trinajstić information content (AvgIpc) is 2.76. The minimum absolute atomic E-state index is 0.0424. The van der Waals surface area contributed by atoms with Crippen LogP contribution in [0.15, 0.2) is 29.2 Å². The molecule has 1 unspecified atom stereocenters. The highest BCUT2D eigenvalue weighted by atomic mass is 16.4. The molecule has 0 radical (unpaired) electrons. The number of carboxylic acid groups (broad SMARTS) is 1. The maximum Gasteiger partial charge on any atom is 0.326 e. The Morgan fingerprint density at radius 2 is 2.29 bits per heavy atom. The van der Waals surface area contributed by atoms with Crippen LogP contribution < -0.4 is 11.1 Å². The molecule has 4 N–H and O–H groups in total. The molecule has 0 aliphatic rings. The van der Waals surface area contributed by atoms with E-state index >= 15 is 0 Å². The molecule has 92 valence electrons. The van der Waals surface area contributed by atoms with Gasteiger partial charge in [-0.25, -0.2) is 4.79 Å². The van der Waals surface area contributed by atoms with E-state index in [9.17, 15) is 9.59 Å². The van der Waals surface area contributed by atoms with Crippen LogP contribution in [0.25, 0.3) is 0 Å². The fourth-order valence-corrected chi connectivity index (χ4v) is 1.23. The third kappa shape index (κ3) is 3.46. The lowest BCUT2D eigenvalue weighted by Gasteiger charge is -2.10. The maximum atomic E-state index is 11.6. The second-order valence-corrected chi connectivity index (χ2v) is 3.36. The Morgan fingerprint density at radius 1 is 1.59 bits per heavy atom. The second kappa shape index (κ2) is 5.86. The molecule has 6 heteroatoms. The molecule has 1 amide bonds. The summed E-state index contributed by atoms with van der Waals surface area (Å²) in [5, 5.41) is 11.2. The molecule has 0 saturated heterocycles. The summed E-state index contributed by atoms with van der Waals surface area (Å²) < 4.78 is 5.10. The van der Waals surface area contributed by atoms with Gasteiger partial charge in [0.2, 0.25) is 0 Å². The van der Waals surface area contributed by atoms with Gasteiger partial charge in [-0.15, -0.1) is 6.58 Å². The first-order valence-corrected chi connectivity index (χ1v) is 5.01. The number of aliphatic carboxylic acids is 1. The first-order chi connectivity index (χ1) is 8.08. The maximum absolute atomic E-state index is 11.6. The van der Waals surface area contributed by atoms with Crippen LogP contribution in [0.1, 0.15) is 22.7 Å². The molecule has 0 spiro atoms. The highest BCUT2D eigenvalue weighted by molar-refractivity contribution is 5.94. The van der Waals surface area contributed by atoms with E-state index in [2.05, 4.69) is 11.9 Å². The van der Waals surface area contributed by atoms with Gasteiger partial charge in [0.1, 0.15) is 11.8 Å². The Labute approximate surface area is 98.1 Å². The molecule has 1 aromatic heterocycles. The number of hydrogen-bond donors (Lipinski definition) is 3. The molecule has 0 bridgehead atoms. The van der Waals surface area contributed by atoms with Crippen LogP contribution in [-0.2, 0) is 11.3 Å². The number of rotatable bonds is 6. The van der Waals surface area contributed by atoms with Crippen molar-refractivity contribution in [1.82, 2.24) is 5.32 Å². The van der Waals surface area contributed by atoms with E-state index in [0.29, 0.717) is 5.76 Å². The Bertz CT molecular complexity index is 425. The molecule has 0 aromatic carbocycles. The van der Waals surface area contributed by atoms with Gasteiger partial charge in [-0.1, -0.05) is 6.08 Å². The van der Waals surface area contributed by atoms with Crippen molar-refractivity contribution in [3.8, 4) is 0 Å². The molecule has 1 atom stereocenters. The SMILES string of the molecule is C=CCC(NC(=O)c1ccc(CN)o1)C(=O)O. The summed E-state index contributed by atoms with van der Waals surface area (Å²) in [5.74, 6) is -1.20. The summed E-state index contributed by atoms with van der Waals surface area (Å²) in [6, 6.07) is 2.01. The smallest absolute Gasteiger partial charge is 0.326 e. The number of nitrogens with two attached hydrogens (primary N) is 1. The molecule has 1 rings (SSSR count). The van der Waals surface area contributed by atoms with Gasteiger partial charge in [0.15, 0.2) is 5.76 Å². The average molecular weight is 238 g/mol. The predicted molar refractivity (Wildman–Crippen MR) is 60.3 cm³/mol. The predicted octanol–water partition coefficient (Wildman–Crippen LogP) is 0.497. The zero-order chi connectivity index (χ0) is 12.8. The number of nitrogens with one attached hydrogen (secondary N) is 1. The first kappa shape index (κ1) is 13.0. The van der Waals surface area contributed by atoms with E-state index in [1.54, 1.807) is 6.07 Å². The molecular formula is C11H14N2O4. The van der Waals surface area contributed by atoms with Gasteiger partial charge in [-0.3, -0.25) is 4.79 Å². The molecule has 0 saturated carbocycles. The monoisotopic (exact) mass is 238 g/mol. The number of carbonyl (C=O) groups is 2. The normalized spacial score (nSPS) is 11.8. The van der Waals surface area contributed by atoms with Gasteiger partial charge in [0.25, 0.3) is 5.91 Å². The topological polar surface area (TPSA) is 106 Å². The van der Waals surface area contributed by atoms with Gasteiger partial charge < -0.3 is 20.6 Å². The summed E-state index contributed by atoms with van der Waals surface area (Å²) in [6.45, 7) is 3.61. The third-order valence-corrected chi connectivity index (χ3v) is 2.09. The van der Waals surface area contributed by atoms with Crippen molar-refractivity contribution in [1.29, 1.82) is 0 Å². The molecule has 0 aliphatic carbocycles. The van der Waals surface area contributed by atoms with Crippen molar-refractivity contribution in [3.63, 3.8) is 0 Å². The Kier molecular flexibility index (Phi) is 4.47. The van der Waals surface area contributed by atoms with Crippen LogP contribution in [0.2, 0.25) is 0 Å². The highest BCUT2D eigenvalue weighted by Gasteiger charge is 2.20. The van der Waals surface area contributed by atoms with Crippen LogP contribution in [0.4, 0.5) is 0 Å². The Morgan fingerprint density at radius 3 is 2.76 bits per heavy atom. The Balaban J connectivity index is 2.69. The standard InChI is InChI=1S/C11H14N2O4/c1-2-3-8(11(15)16)13-10(14)9-5-4-7(6-12)17-9/h2,4-5,8H,1,3,6,12H2,(H,13,14)(H,15,16). The van der Waals surface area contributed by atoms with Crippen LogP contribution in [-0.4, -0.2) is 23.0 Å². The summed E-state index contributed by atoms with van der Waals surface area (Å²) in [4.78, 5) is 22.4. The largest absolute Gasteiger partial charge is 0.480 e. The molecule has 0 aliphatic heterocycles. The van der Waals surface area contributed by atoms with E-state index in [1.165, 1.54) is 12.1 Å². The van der Waals surface area contributed by atoms with Gasteiger partial charge in [0.05, 0.1) is 6.54 Å². The van der Waals surface area contributed by atoms with Crippen LogP contribution in [0.5, 0.6) is 0 Å². The molecule has 6 nitrogen and oxygen atoms in total. The van der Waals surface area contributed by atoms with E-state index in [4.69, 9.17) is 15.3 Å². The Hall–Kier alpha value is -2.08. The minimum atomic E-state index is -1.12. The van der Waals surface area contributed by atoms with Gasteiger partial charge in [0, 0.05) is 0 Å². The van der Waals surface area contributed by atoms with Crippen molar-refractivity contribution in [3.05, 3.63) is 36.3 Å². The van der Waals surface area contributed by atoms with Gasteiger partial charge >= 0.3 is 5.97 Å². The molecule has 17 heavy (non-hydrogen) atoms. The fourth-order valence-electron chi connectivity index (χ4n) is 1.23. The van der Waals surface area contributed by atoms with Crippen LogP contribution in [0, 0.1) is 0 Å². The van der Waals surface area contributed by atoms with E-state index in [1.807, 2.05) is 0 Å². The van der Waals surface area contributed by atoms with Crippen molar-refractivity contribution in [2.24, 2.45) is 5.73 Å². The molecular weight excluding hydrogens is 224 g/mol. The zero-order valence-electron chi connectivity index (χ0n) is 9.18. The third-order valence-electron chi connectivity index (χ3n) is 2.09. The van der Waals surface area contributed by atoms with Crippen molar-refractivity contribution in [2.45, 2.75) is 19.0 Å². The van der Waals surface area contributed by atoms with Crippen LogP contribution in [0.3, 0.4) is 0 Å². The summed E-state index contributed by atoms with van der Waals surface area (Å²) in [6.07, 6.45) is 1.57. The molecule has 1 aromatic rings. The highest BCUT2D eigenvalue weighted by Crippen LogP contribution is 2.07. The minimum Gasteiger partial charge on any atom is -0.480 e. The second-order valence-electron chi connectivity index (χ2n) is 3.36. The lowest BCUT2D eigenvalue weighted by molar-refractivity contribution is -0.139. The first-order valence-electron chi connectivity index (χ1n) is 5.01.